The molecule has 2 unspecified atom stereocenters. The highest BCUT2D eigenvalue weighted by Gasteiger charge is 2.44. The van der Waals surface area contributed by atoms with Crippen molar-refractivity contribution in [2.45, 2.75) is 37.8 Å². The summed E-state index contributed by atoms with van der Waals surface area (Å²) in [6.45, 7) is -0.0135. The Morgan fingerprint density at radius 1 is 1.11 bits per heavy atom. The lowest BCUT2D eigenvalue weighted by Gasteiger charge is -2.42. The van der Waals surface area contributed by atoms with E-state index in [1.165, 1.54) is 33.5 Å². The molecule has 206 valence electrons. The number of hydrogen-bond donors (Lipinski definition) is 3. The summed E-state index contributed by atoms with van der Waals surface area (Å²) in [5, 5.41) is 14.2. The molecule has 0 radical (unpaired) electrons. The van der Waals surface area contributed by atoms with Crippen molar-refractivity contribution in [1.29, 1.82) is 0 Å². The molecule has 2 aliphatic heterocycles. The third-order valence-corrected chi connectivity index (χ3v) is 6.02. The van der Waals surface area contributed by atoms with Crippen LogP contribution in [0, 0.1) is 0 Å². The number of hydrogen-bond acceptors (Lipinski definition) is 9. The molecule has 0 bridgehead atoms. The second-order valence-corrected chi connectivity index (χ2v) is 8.41. The van der Waals surface area contributed by atoms with E-state index in [0.717, 1.165) is 15.0 Å². The van der Waals surface area contributed by atoms with Gasteiger partial charge in [0.1, 0.15) is 12.3 Å². The number of carbonyl (C=O) groups is 6. The number of carboxylic acid groups (broad SMARTS) is 1. The van der Waals surface area contributed by atoms with Gasteiger partial charge < -0.3 is 29.4 Å². The molecule has 2 fully saturated rings. The molecule has 38 heavy (non-hydrogen) atoms. The monoisotopic (exact) mass is 535 g/mol. The maximum atomic E-state index is 13.5. The van der Waals surface area contributed by atoms with Crippen molar-refractivity contribution in [3.63, 3.8) is 0 Å². The zero-order valence-electron chi connectivity index (χ0n) is 21.1. The van der Waals surface area contributed by atoms with Crippen LogP contribution in [0.4, 0.5) is 4.79 Å². The van der Waals surface area contributed by atoms with E-state index >= 15 is 0 Å². The molecule has 0 saturated carbocycles. The molecular formula is C23H29N5O10. The zero-order valence-corrected chi connectivity index (χ0v) is 21.1. The molecule has 15 heteroatoms. The number of rotatable bonds is 10. The first-order valence-corrected chi connectivity index (χ1v) is 11.6. The molecule has 1 aromatic carbocycles. The fourth-order valence-corrected chi connectivity index (χ4v) is 4.22. The van der Waals surface area contributed by atoms with Crippen LogP contribution in [0.1, 0.15) is 36.0 Å². The molecule has 1 aromatic rings. The third kappa shape index (κ3) is 5.87. The lowest BCUT2D eigenvalue weighted by molar-refractivity contribution is -0.155. The summed E-state index contributed by atoms with van der Waals surface area (Å²) in [7, 11) is 4.16. The smallest absolute Gasteiger partial charge is 0.358 e. The number of urea groups is 1. The van der Waals surface area contributed by atoms with Gasteiger partial charge in [0.2, 0.25) is 17.6 Å². The predicted octanol–water partition coefficient (Wildman–Crippen LogP) is -0.451. The second kappa shape index (κ2) is 12.1. The van der Waals surface area contributed by atoms with Gasteiger partial charge in [-0.25, -0.2) is 19.8 Å². The van der Waals surface area contributed by atoms with Crippen molar-refractivity contribution in [2.24, 2.45) is 0 Å². The van der Waals surface area contributed by atoms with Crippen molar-refractivity contribution >= 4 is 36.0 Å². The third-order valence-electron chi connectivity index (χ3n) is 6.02. The highest BCUT2D eigenvalue weighted by atomic mass is 16.5. The van der Waals surface area contributed by atoms with E-state index in [4.69, 9.17) is 19.3 Å². The van der Waals surface area contributed by atoms with Crippen molar-refractivity contribution < 1.29 is 48.1 Å². The van der Waals surface area contributed by atoms with Crippen LogP contribution in [0.2, 0.25) is 0 Å². The van der Waals surface area contributed by atoms with Crippen LogP contribution in [0.25, 0.3) is 0 Å². The molecule has 2 aliphatic rings. The second-order valence-electron chi connectivity index (χ2n) is 8.41. The standard InChI is InChI=1S/C23H29N5O10/c1-36-16-9-13(10-17(37-2)20(16)38-3)21(33)25-26-8-6-18(30)27-7-4-5-15(28(27)23(26)35)22(34)24-14(12-29)11-19(31)32/h9-10,12,14-15H,4-8,11H2,1-3H3,(H,24,34)(H,25,33)(H,31,32). The van der Waals surface area contributed by atoms with Crippen molar-refractivity contribution in [1.82, 2.24) is 25.8 Å². The Hall–Kier alpha value is -4.56. The summed E-state index contributed by atoms with van der Waals surface area (Å²) in [6.07, 6.45) is 0.0360. The van der Waals surface area contributed by atoms with Crippen LogP contribution < -0.4 is 25.0 Å². The van der Waals surface area contributed by atoms with Gasteiger partial charge >= 0.3 is 12.0 Å². The molecule has 3 N–H and O–H groups in total. The number of aliphatic carboxylic acids is 1. The molecule has 2 saturated heterocycles. The lowest BCUT2D eigenvalue weighted by atomic mass is 10.1. The van der Waals surface area contributed by atoms with E-state index in [0.29, 0.717) is 6.42 Å². The van der Waals surface area contributed by atoms with E-state index in [2.05, 4.69) is 10.7 Å². The Balaban J connectivity index is 1.86. The van der Waals surface area contributed by atoms with Crippen LogP contribution in [-0.2, 0) is 19.2 Å². The van der Waals surface area contributed by atoms with E-state index in [-0.39, 0.29) is 55.0 Å². The quantitative estimate of drug-likeness (QED) is 0.332. The SMILES string of the molecule is COc1cc(C(=O)NN2CCC(=O)N3CCCC(C(=O)NC(C=O)CC(=O)O)N3C2=O)cc(OC)c1OC. The molecular weight excluding hydrogens is 506 g/mol. The van der Waals surface area contributed by atoms with E-state index in [1.807, 2.05) is 0 Å². The number of fused-ring (bicyclic) bond motifs is 1. The normalized spacial score (nSPS) is 18.1. The summed E-state index contributed by atoms with van der Waals surface area (Å²) >= 11 is 0. The van der Waals surface area contributed by atoms with Gasteiger partial charge in [-0.15, -0.1) is 0 Å². The molecule has 0 spiro atoms. The minimum Gasteiger partial charge on any atom is -0.493 e. The molecule has 3 rings (SSSR count). The van der Waals surface area contributed by atoms with Crippen LogP contribution in [0.5, 0.6) is 17.2 Å². The average Bonchev–Trinajstić information content (AvgIpc) is 3.03. The van der Waals surface area contributed by atoms with Gasteiger partial charge in [0.25, 0.3) is 5.91 Å². The number of carboxylic acids is 1. The molecule has 0 aliphatic carbocycles. The molecule has 5 amide bonds. The van der Waals surface area contributed by atoms with Crippen LogP contribution in [0.15, 0.2) is 12.1 Å². The number of hydrazine groups is 2. The van der Waals surface area contributed by atoms with E-state index in [9.17, 15) is 28.8 Å². The largest absolute Gasteiger partial charge is 0.493 e. The van der Waals surface area contributed by atoms with Crippen LogP contribution >= 0.6 is 0 Å². The summed E-state index contributed by atoms with van der Waals surface area (Å²) in [5.74, 6) is -2.59. The Kier molecular flexibility index (Phi) is 8.94. The van der Waals surface area contributed by atoms with Crippen molar-refractivity contribution in [3.8, 4) is 17.2 Å². The number of carbonyl (C=O) groups excluding carboxylic acids is 5. The van der Waals surface area contributed by atoms with E-state index < -0.39 is 48.2 Å². The fraction of sp³-hybridized carbons (Fsp3) is 0.478. The predicted molar refractivity (Wildman–Crippen MR) is 127 cm³/mol. The molecule has 15 nitrogen and oxygen atoms in total. The van der Waals surface area contributed by atoms with Crippen LogP contribution in [0.3, 0.4) is 0 Å². The summed E-state index contributed by atoms with van der Waals surface area (Å²) < 4.78 is 15.8. The first-order chi connectivity index (χ1) is 18.1. The number of benzene rings is 1. The fourth-order valence-electron chi connectivity index (χ4n) is 4.22. The first-order valence-electron chi connectivity index (χ1n) is 11.6. The topological polar surface area (TPSA) is 184 Å². The number of amides is 5. The Morgan fingerprint density at radius 2 is 1.76 bits per heavy atom. The number of methoxy groups -OCH3 is 3. The highest BCUT2D eigenvalue weighted by molar-refractivity contribution is 5.98. The summed E-state index contributed by atoms with van der Waals surface area (Å²) in [6, 6.07) is -0.609. The van der Waals surface area contributed by atoms with E-state index in [1.54, 1.807) is 0 Å². The molecule has 2 heterocycles. The van der Waals surface area contributed by atoms with Gasteiger partial charge in [0, 0.05) is 18.5 Å². The molecule has 0 aromatic heterocycles. The van der Waals surface area contributed by atoms with Gasteiger partial charge in [-0.2, -0.15) is 0 Å². The van der Waals surface area contributed by atoms with Gasteiger partial charge in [-0.1, -0.05) is 0 Å². The average molecular weight is 536 g/mol. The van der Waals surface area contributed by atoms with Crippen molar-refractivity contribution in [3.05, 3.63) is 17.7 Å². The zero-order chi connectivity index (χ0) is 28.0. The Bertz CT molecular complexity index is 1100. The number of nitrogens with one attached hydrogen (secondary N) is 2. The van der Waals surface area contributed by atoms with Gasteiger partial charge in [-0.3, -0.25) is 24.6 Å². The van der Waals surface area contributed by atoms with Gasteiger partial charge in [0.15, 0.2) is 11.5 Å². The van der Waals surface area contributed by atoms with Gasteiger partial charge in [0.05, 0.1) is 40.3 Å². The Labute approximate surface area is 217 Å². The number of ether oxygens (including phenoxy) is 3. The number of nitrogens with zero attached hydrogens (tertiary/aromatic N) is 3. The summed E-state index contributed by atoms with van der Waals surface area (Å²) in [5.41, 5.74) is 2.53. The minimum absolute atomic E-state index is 0.0650. The Morgan fingerprint density at radius 3 is 2.32 bits per heavy atom. The summed E-state index contributed by atoms with van der Waals surface area (Å²) in [4.78, 5) is 74.6. The van der Waals surface area contributed by atoms with Crippen LogP contribution in [-0.4, -0.2) is 103 Å². The highest BCUT2D eigenvalue weighted by Crippen LogP contribution is 2.38. The van der Waals surface area contributed by atoms with Gasteiger partial charge in [-0.05, 0) is 25.0 Å². The maximum absolute atomic E-state index is 13.5. The maximum Gasteiger partial charge on any atom is 0.358 e. The number of aldehydes is 1. The minimum atomic E-state index is -1.32. The molecule has 2 atom stereocenters. The van der Waals surface area contributed by atoms with Crippen molar-refractivity contribution in [2.75, 3.05) is 34.4 Å². The lowest BCUT2D eigenvalue weighted by Crippen LogP contribution is -2.64. The first kappa shape index (κ1) is 28.0.